The minimum absolute atomic E-state index is 0.0226. The van der Waals surface area contributed by atoms with Crippen LogP contribution in [0.4, 0.5) is 13.2 Å². The quantitative estimate of drug-likeness (QED) is 0.809. The first kappa shape index (κ1) is 14.7. The molecule has 0 saturated heterocycles. The van der Waals surface area contributed by atoms with Crippen LogP contribution in [0.3, 0.4) is 0 Å². The van der Waals surface area contributed by atoms with Crippen LogP contribution in [0, 0.1) is 0 Å². The molecule has 0 saturated carbocycles. The second-order valence-electron chi connectivity index (χ2n) is 3.71. The van der Waals surface area contributed by atoms with Crippen molar-refractivity contribution < 1.29 is 27.4 Å². The number of carbonyl (C=O) groups is 1. The maximum absolute atomic E-state index is 12.0. The number of nitrogens with zero attached hydrogens (tertiary/aromatic N) is 3. The van der Waals surface area contributed by atoms with Gasteiger partial charge < -0.3 is 9.47 Å². The Morgan fingerprint density at radius 1 is 1.19 bits per heavy atom. The monoisotopic (exact) mass is 299 g/mol. The van der Waals surface area contributed by atoms with Crippen LogP contribution in [0.2, 0.25) is 0 Å². The predicted molar refractivity (Wildman–Crippen MR) is 63.3 cm³/mol. The highest BCUT2D eigenvalue weighted by atomic mass is 19.4. The Morgan fingerprint density at radius 2 is 1.95 bits per heavy atom. The molecule has 2 rings (SSSR count). The number of hydrogen-bond acceptors (Lipinski definition) is 6. The van der Waals surface area contributed by atoms with Crippen LogP contribution in [0.1, 0.15) is 10.5 Å². The summed E-state index contributed by atoms with van der Waals surface area (Å²) in [5.74, 6) is -1.27. The molecule has 2 heterocycles. The van der Waals surface area contributed by atoms with Crippen LogP contribution in [0.25, 0.3) is 11.3 Å². The molecular formula is C12H8F3N3O3. The molecule has 0 amide bonds. The second kappa shape index (κ2) is 5.73. The number of aromatic nitrogens is 3. The molecule has 0 aliphatic rings. The van der Waals surface area contributed by atoms with Gasteiger partial charge in [0.2, 0.25) is 5.88 Å². The maximum Gasteiger partial charge on any atom is 0.574 e. The van der Waals surface area contributed by atoms with Gasteiger partial charge in [0.1, 0.15) is 0 Å². The molecule has 2 aromatic rings. The van der Waals surface area contributed by atoms with E-state index in [1.54, 1.807) is 0 Å². The van der Waals surface area contributed by atoms with Gasteiger partial charge in [0.15, 0.2) is 5.69 Å². The number of halogens is 3. The van der Waals surface area contributed by atoms with Crippen molar-refractivity contribution in [3.63, 3.8) is 0 Å². The minimum Gasteiger partial charge on any atom is -0.464 e. The van der Waals surface area contributed by atoms with Gasteiger partial charge in [0.05, 0.1) is 25.2 Å². The maximum atomic E-state index is 12.0. The standard InChI is InChI=1S/C12H8F3N3O3/c1-20-11(19)9-6-16-5-8(18-9)7-2-3-10(17-4-7)21-12(13,14)15/h2-6H,1H3. The van der Waals surface area contributed by atoms with Crippen molar-refractivity contribution in [2.75, 3.05) is 7.11 Å². The Morgan fingerprint density at radius 3 is 2.52 bits per heavy atom. The van der Waals surface area contributed by atoms with E-state index in [4.69, 9.17) is 0 Å². The Labute approximate surface area is 116 Å². The summed E-state index contributed by atoms with van der Waals surface area (Å²) in [5.41, 5.74) is 0.623. The molecule has 0 bridgehead atoms. The zero-order chi connectivity index (χ0) is 15.5. The van der Waals surface area contributed by atoms with Crippen LogP contribution in [0.5, 0.6) is 5.88 Å². The lowest BCUT2D eigenvalue weighted by Crippen LogP contribution is -2.17. The predicted octanol–water partition coefficient (Wildman–Crippen LogP) is 2.22. The number of esters is 1. The fourth-order valence-corrected chi connectivity index (χ4v) is 1.42. The van der Waals surface area contributed by atoms with E-state index in [0.717, 1.165) is 12.3 Å². The summed E-state index contributed by atoms with van der Waals surface area (Å²) in [6, 6.07) is 2.36. The van der Waals surface area contributed by atoms with Gasteiger partial charge in [-0.25, -0.2) is 14.8 Å². The van der Waals surface area contributed by atoms with Gasteiger partial charge in [-0.15, -0.1) is 13.2 Å². The fraction of sp³-hybridized carbons (Fsp3) is 0.167. The first-order chi connectivity index (χ1) is 9.89. The number of rotatable bonds is 3. The van der Waals surface area contributed by atoms with Crippen LogP contribution < -0.4 is 4.74 Å². The van der Waals surface area contributed by atoms with E-state index in [0.29, 0.717) is 5.56 Å². The van der Waals surface area contributed by atoms with Crippen molar-refractivity contribution in [3.05, 3.63) is 36.4 Å². The summed E-state index contributed by atoms with van der Waals surface area (Å²) in [7, 11) is 1.20. The number of ether oxygens (including phenoxy) is 2. The van der Waals surface area contributed by atoms with Crippen molar-refractivity contribution >= 4 is 5.97 Å². The summed E-state index contributed by atoms with van der Waals surface area (Å²) in [5, 5.41) is 0. The molecule has 0 aromatic carbocycles. The topological polar surface area (TPSA) is 74.2 Å². The molecule has 0 spiro atoms. The molecule has 21 heavy (non-hydrogen) atoms. The molecule has 0 aliphatic carbocycles. The number of hydrogen-bond donors (Lipinski definition) is 0. The summed E-state index contributed by atoms with van der Waals surface area (Å²) in [4.78, 5) is 22.6. The SMILES string of the molecule is COC(=O)c1cncc(-c2ccc(OC(F)(F)F)nc2)n1. The molecule has 0 N–H and O–H groups in total. The third-order valence-corrected chi connectivity index (χ3v) is 2.28. The van der Waals surface area contributed by atoms with E-state index in [-0.39, 0.29) is 11.4 Å². The van der Waals surface area contributed by atoms with Crippen molar-refractivity contribution in [1.82, 2.24) is 15.0 Å². The summed E-state index contributed by atoms with van der Waals surface area (Å²) in [6.45, 7) is 0. The average Bonchev–Trinajstić information content (AvgIpc) is 2.45. The Balaban J connectivity index is 2.25. The molecule has 0 aliphatic heterocycles. The first-order valence-corrected chi connectivity index (χ1v) is 5.51. The first-order valence-electron chi connectivity index (χ1n) is 5.51. The minimum atomic E-state index is -4.81. The average molecular weight is 299 g/mol. The van der Waals surface area contributed by atoms with Crippen molar-refractivity contribution in [3.8, 4) is 17.1 Å². The van der Waals surface area contributed by atoms with Gasteiger partial charge in [-0.1, -0.05) is 0 Å². The van der Waals surface area contributed by atoms with Crippen LogP contribution >= 0.6 is 0 Å². The van der Waals surface area contributed by atoms with Gasteiger partial charge in [-0.2, -0.15) is 0 Å². The molecule has 0 radical (unpaired) electrons. The van der Waals surface area contributed by atoms with Crippen molar-refractivity contribution in [2.45, 2.75) is 6.36 Å². The third kappa shape index (κ3) is 3.88. The highest BCUT2D eigenvalue weighted by Gasteiger charge is 2.31. The number of alkyl halides is 3. The molecular weight excluding hydrogens is 291 g/mol. The van der Waals surface area contributed by atoms with E-state index >= 15 is 0 Å². The van der Waals surface area contributed by atoms with E-state index in [9.17, 15) is 18.0 Å². The molecule has 2 aromatic heterocycles. The zero-order valence-electron chi connectivity index (χ0n) is 10.6. The van der Waals surface area contributed by atoms with E-state index in [2.05, 4.69) is 24.4 Å². The Hall–Kier alpha value is -2.71. The number of carbonyl (C=O) groups excluding carboxylic acids is 1. The van der Waals surface area contributed by atoms with E-state index < -0.39 is 18.2 Å². The fourth-order valence-electron chi connectivity index (χ4n) is 1.42. The van der Waals surface area contributed by atoms with Crippen molar-refractivity contribution in [2.24, 2.45) is 0 Å². The third-order valence-electron chi connectivity index (χ3n) is 2.28. The van der Waals surface area contributed by atoms with Crippen molar-refractivity contribution in [1.29, 1.82) is 0 Å². The van der Waals surface area contributed by atoms with Crippen LogP contribution in [-0.4, -0.2) is 34.4 Å². The molecule has 0 fully saturated rings. The lowest BCUT2D eigenvalue weighted by Gasteiger charge is -2.08. The smallest absolute Gasteiger partial charge is 0.464 e. The summed E-state index contributed by atoms with van der Waals surface area (Å²) in [6.07, 6.45) is -1.12. The van der Waals surface area contributed by atoms with E-state index in [1.165, 1.54) is 25.6 Å². The Kier molecular flexibility index (Phi) is 4.01. The van der Waals surface area contributed by atoms with Crippen LogP contribution in [0.15, 0.2) is 30.7 Å². The summed E-state index contributed by atoms with van der Waals surface area (Å²) >= 11 is 0. The van der Waals surface area contributed by atoms with Gasteiger partial charge in [-0.3, -0.25) is 4.98 Å². The van der Waals surface area contributed by atoms with Gasteiger partial charge in [-0.05, 0) is 6.07 Å². The van der Waals surface area contributed by atoms with Crippen LogP contribution in [-0.2, 0) is 4.74 Å². The second-order valence-corrected chi connectivity index (χ2v) is 3.71. The summed E-state index contributed by atoms with van der Waals surface area (Å²) < 4.78 is 44.2. The van der Waals surface area contributed by atoms with Gasteiger partial charge in [0.25, 0.3) is 0 Å². The van der Waals surface area contributed by atoms with Gasteiger partial charge >= 0.3 is 12.3 Å². The lowest BCUT2D eigenvalue weighted by atomic mass is 10.2. The molecule has 0 atom stereocenters. The highest BCUT2D eigenvalue weighted by molar-refractivity contribution is 5.87. The van der Waals surface area contributed by atoms with Gasteiger partial charge in [0, 0.05) is 17.8 Å². The number of methoxy groups -OCH3 is 1. The molecule has 0 unspecified atom stereocenters. The zero-order valence-corrected chi connectivity index (χ0v) is 10.6. The molecule has 110 valence electrons. The molecule has 9 heteroatoms. The number of pyridine rings is 1. The largest absolute Gasteiger partial charge is 0.574 e. The molecule has 6 nitrogen and oxygen atoms in total. The normalized spacial score (nSPS) is 11.0. The highest BCUT2D eigenvalue weighted by Crippen LogP contribution is 2.23. The van der Waals surface area contributed by atoms with E-state index in [1.807, 2.05) is 0 Å². The Bertz CT molecular complexity index is 644. The lowest BCUT2D eigenvalue weighted by molar-refractivity contribution is -0.276.